The Labute approximate surface area is 149 Å². The zero-order valence-electron chi connectivity index (χ0n) is 13.3. The highest BCUT2D eigenvalue weighted by Gasteiger charge is 2.07. The Morgan fingerprint density at radius 3 is 2.29 bits per heavy atom. The maximum atomic E-state index is 11.9. The molecule has 0 spiro atoms. The number of amides is 2. The molecule has 2 N–H and O–H groups in total. The zero-order chi connectivity index (χ0) is 17.4. The molecule has 0 saturated carbocycles. The number of anilines is 1. The Morgan fingerprint density at radius 2 is 1.67 bits per heavy atom. The lowest BCUT2D eigenvalue weighted by Gasteiger charge is -2.08. The van der Waals surface area contributed by atoms with Gasteiger partial charge in [0.05, 0.1) is 19.6 Å². The first-order valence-corrected chi connectivity index (χ1v) is 8.40. The van der Waals surface area contributed by atoms with Gasteiger partial charge in [0, 0.05) is 10.2 Å². The van der Waals surface area contributed by atoms with E-state index in [-0.39, 0.29) is 24.8 Å². The highest BCUT2D eigenvalue weighted by atomic mass is 79.9. The fraction of sp³-hybridized carbons (Fsp3) is 0.222. The normalized spacial score (nSPS) is 10.1. The van der Waals surface area contributed by atoms with Crippen molar-refractivity contribution in [3.8, 4) is 5.75 Å². The maximum absolute atomic E-state index is 11.9. The first-order valence-electron chi connectivity index (χ1n) is 7.60. The summed E-state index contributed by atoms with van der Waals surface area (Å²) < 4.78 is 6.30. The Balaban J connectivity index is 1.75. The van der Waals surface area contributed by atoms with Gasteiger partial charge in [0.2, 0.25) is 11.8 Å². The molecule has 2 aromatic rings. The van der Waals surface area contributed by atoms with Crippen molar-refractivity contribution >= 4 is 33.4 Å². The molecule has 0 radical (unpaired) electrons. The first-order chi connectivity index (χ1) is 11.6. The van der Waals surface area contributed by atoms with Crippen LogP contribution < -0.4 is 15.4 Å². The number of benzene rings is 2. The van der Waals surface area contributed by atoms with Gasteiger partial charge in [-0.15, -0.1) is 0 Å². The van der Waals surface area contributed by atoms with Crippen LogP contribution in [0.3, 0.4) is 0 Å². The molecule has 0 fully saturated rings. The van der Waals surface area contributed by atoms with Gasteiger partial charge in [0.1, 0.15) is 5.75 Å². The van der Waals surface area contributed by atoms with Crippen LogP contribution >= 0.6 is 15.9 Å². The number of carbonyl (C=O) groups excluding carboxylic acids is 2. The van der Waals surface area contributed by atoms with Crippen LogP contribution in [0.5, 0.6) is 5.75 Å². The summed E-state index contributed by atoms with van der Waals surface area (Å²) in [4.78, 5) is 23.7. The summed E-state index contributed by atoms with van der Waals surface area (Å²) in [6, 6.07) is 14.6. The number of ether oxygens (including phenoxy) is 1. The van der Waals surface area contributed by atoms with E-state index in [1.54, 1.807) is 24.3 Å². The minimum Gasteiger partial charge on any atom is -0.494 e. The summed E-state index contributed by atoms with van der Waals surface area (Å²) in [7, 11) is 0. The smallest absolute Gasteiger partial charge is 0.243 e. The van der Waals surface area contributed by atoms with Crippen LogP contribution in [0.4, 0.5) is 5.69 Å². The van der Waals surface area contributed by atoms with Crippen LogP contribution in [0.25, 0.3) is 0 Å². The third kappa shape index (κ3) is 6.04. The van der Waals surface area contributed by atoms with E-state index in [9.17, 15) is 9.59 Å². The van der Waals surface area contributed by atoms with Gasteiger partial charge in [0.25, 0.3) is 0 Å². The highest BCUT2D eigenvalue weighted by molar-refractivity contribution is 9.10. The van der Waals surface area contributed by atoms with Crippen molar-refractivity contribution in [3.05, 3.63) is 58.6 Å². The van der Waals surface area contributed by atoms with Crippen molar-refractivity contribution in [1.29, 1.82) is 0 Å². The van der Waals surface area contributed by atoms with E-state index >= 15 is 0 Å². The Morgan fingerprint density at radius 1 is 1.00 bits per heavy atom. The molecular formula is C18H19BrN2O3. The standard InChI is InChI=1S/C18H19BrN2O3/c1-2-24-16-9-7-15(8-10-16)21-18(23)12-20-17(22)11-13-3-5-14(19)6-4-13/h3-10H,2,11-12H2,1H3,(H,20,22)(H,21,23). The molecule has 0 aromatic heterocycles. The number of rotatable bonds is 7. The molecule has 5 nitrogen and oxygen atoms in total. The van der Waals surface area contributed by atoms with Crippen LogP contribution in [-0.2, 0) is 16.0 Å². The molecule has 0 atom stereocenters. The van der Waals surface area contributed by atoms with Crippen molar-refractivity contribution in [2.75, 3.05) is 18.5 Å². The van der Waals surface area contributed by atoms with E-state index in [1.807, 2.05) is 31.2 Å². The Bertz CT molecular complexity index is 684. The molecule has 2 amide bonds. The molecule has 0 aliphatic rings. The number of hydrogen-bond acceptors (Lipinski definition) is 3. The second kappa shape index (κ2) is 9.08. The second-order valence-corrected chi connectivity index (χ2v) is 6.00. The van der Waals surface area contributed by atoms with Crippen molar-refractivity contribution in [1.82, 2.24) is 5.32 Å². The van der Waals surface area contributed by atoms with Crippen LogP contribution in [-0.4, -0.2) is 25.0 Å². The molecule has 0 heterocycles. The molecule has 6 heteroatoms. The van der Waals surface area contributed by atoms with E-state index in [2.05, 4.69) is 26.6 Å². The molecule has 2 aromatic carbocycles. The highest BCUT2D eigenvalue weighted by Crippen LogP contribution is 2.15. The van der Waals surface area contributed by atoms with Crippen molar-refractivity contribution < 1.29 is 14.3 Å². The van der Waals surface area contributed by atoms with Crippen LogP contribution in [0, 0.1) is 0 Å². The average Bonchev–Trinajstić information content (AvgIpc) is 2.57. The lowest BCUT2D eigenvalue weighted by Crippen LogP contribution is -2.33. The van der Waals surface area contributed by atoms with E-state index in [0.29, 0.717) is 12.3 Å². The average molecular weight is 391 g/mol. The molecule has 0 aliphatic heterocycles. The van der Waals surface area contributed by atoms with E-state index in [1.165, 1.54) is 0 Å². The van der Waals surface area contributed by atoms with Gasteiger partial charge in [-0.05, 0) is 48.9 Å². The summed E-state index contributed by atoms with van der Waals surface area (Å²) in [5.74, 6) is 0.279. The molecule has 24 heavy (non-hydrogen) atoms. The summed E-state index contributed by atoms with van der Waals surface area (Å²) in [6.07, 6.45) is 0.240. The fourth-order valence-electron chi connectivity index (χ4n) is 2.04. The summed E-state index contributed by atoms with van der Waals surface area (Å²) in [6.45, 7) is 2.44. The molecule has 2 rings (SSSR count). The van der Waals surface area contributed by atoms with E-state index in [0.717, 1.165) is 15.8 Å². The molecule has 0 bridgehead atoms. The quantitative estimate of drug-likeness (QED) is 0.762. The number of halogens is 1. The fourth-order valence-corrected chi connectivity index (χ4v) is 2.30. The van der Waals surface area contributed by atoms with Crippen molar-refractivity contribution in [3.63, 3.8) is 0 Å². The van der Waals surface area contributed by atoms with Crippen LogP contribution in [0.15, 0.2) is 53.0 Å². The number of nitrogens with one attached hydrogen (secondary N) is 2. The van der Waals surface area contributed by atoms with Gasteiger partial charge in [-0.3, -0.25) is 9.59 Å². The minimum absolute atomic E-state index is 0.0669. The Hall–Kier alpha value is -2.34. The molecule has 0 saturated heterocycles. The zero-order valence-corrected chi connectivity index (χ0v) is 14.9. The maximum Gasteiger partial charge on any atom is 0.243 e. The predicted octanol–water partition coefficient (Wildman–Crippen LogP) is 3.15. The molecular weight excluding hydrogens is 372 g/mol. The van der Waals surface area contributed by atoms with Gasteiger partial charge in [-0.2, -0.15) is 0 Å². The minimum atomic E-state index is -0.275. The number of carbonyl (C=O) groups is 2. The summed E-state index contributed by atoms with van der Waals surface area (Å²) >= 11 is 3.34. The summed E-state index contributed by atoms with van der Waals surface area (Å²) in [5.41, 5.74) is 1.55. The van der Waals surface area contributed by atoms with E-state index in [4.69, 9.17) is 4.74 Å². The second-order valence-electron chi connectivity index (χ2n) is 5.09. The van der Waals surface area contributed by atoms with Crippen LogP contribution in [0.1, 0.15) is 12.5 Å². The monoisotopic (exact) mass is 390 g/mol. The largest absolute Gasteiger partial charge is 0.494 e. The SMILES string of the molecule is CCOc1ccc(NC(=O)CNC(=O)Cc2ccc(Br)cc2)cc1. The predicted molar refractivity (Wildman–Crippen MR) is 97.1 cm³/mol. The lowest BCUT2D eigenvalue weighted by molar-refractivity contribution is -0.123. The van der Waals surface area contributed by atoms with Crippen molar-refractivity contribution in [2.24, 2.45) is 0 Å². The lowest BCUT2D eigenvalue weighted by atomic mass is 10.1. The van der Waals surface area contributed by atoms with Gasteiger partial charge < -0.3 is 15.4 Å². The van der Waals surface area contributed by atoms with Gasteiger partial charge in [-0.25, -0.2) is 0 Å². The van der Waals surface area contributed by atoms with Gasteiger partial charge >= 0.3 is 0 Å². The van der Waals surface area contributed by atoms with Crippen molar-refractivity contribution in [2.45, 2.75) is 13.3 Å². The van der Waals surface area contributed by atoms with Gasteiger partial charge in [0.15, 0.2) is 0 Å². The van der Waals surface area contributed by atoms with Gasteiger partial charge in [-0.1, -0.05) is 28.1 Å². The third-order valence-corrected chi connectivity index (χ3v) is 3.70. The molecule has 0 unspecified atom stereocenters. The topological polar surface area (TPSA) is 67.4 Å². The van der Waals surface area contributed by atoms with Crippen LogP contribution in [0.2, 0.25) is 0 Å². The molecule has 126 valence electrons. The third-order valence-electron chi connectivity index (χ3n) is 3.17. The molecule has 0 aliphatic carbocycles. The van der Waals surface area contributed by atoms with E-state index < -0.39 is 0 Å². The number of hydrogen-bond donors (Lipinski definition) is 2. The Kier molecular flexibility index (Phi) is 6.81. The summed E-state index contributed by atoms with van der Waals surface area (Å²) in [5, 5.41) is 5.33. The first kappa shape index (κ1) is 18.0.